The second kappa shape index (κ2) is 9.63. The van der Waals surface area contributed by atoms with Crippen LogP contribution in [0, 0.1) is 0 Å². The first-order valence-electron chi connectivity index (χ1n) is 10.1. The highest BCUT2D eigenvalue weighted by Gasteiger charge is 2.47. The number of aliphatic hydroxyl groups is 1. The molecule has 1 aromatic heterocycles. The largest absolute Gasteiger partial charge is 0.507 e. The molecule has 30 heavy (non-hydrogen) atoms. The number of ketones is 1. The maximum atomic E-state index is 12.9. The highest BCUT2D eigenvalue weighted by atomic mass is 16.5. The summed E-state index contributed by atoms with van der Waals surface area (Å²) in [6, 6.07) is 9.37. The lowest BCUT2D eigenvalue weighted by atomic mass is 9.99. The number of amides is 1. The monoisotopic (exact) mass is 413 g/mol. The van der Waals surface area contributed by atoms with Crippen LogP contribution >= 0.6 is 0 Å². The van der Waals surface area contributed by atoms with Crippen molar-refractivity contribution in [2.75, 3.05) is 19.8 Å². The van der Waals surface area contributed by atoms with Gasteiger partial charge >= 0.3 is 0 Å². The molecule has 0 aliphatic carbocycles. The number of likely N-dealkylation sites (tertiary alicyclic amines) is 1. The standard InChI is InChI=1S/C23H27NO6/c1-4-11-29-17-8-5-7-16(14-17)21(25)19-20(18-9-6-12-30-18)24(23(27)22(19)26)10-13-28-15(2)3/h5-9,12,14-15,20,25H,4,10-11,13H2,1-3H3/b21-19-. The Bertz CT molecular complexity index is 916. The smallest absolute Gasteiger partial charge is 0.295 e. The van der Waals surface area contributed by atoms with E-state index in [-0.39, 0.29) is 30.6 Å². The molecule has 1 aliphatic rings. The van der Waals surface area contributed by atoms with Crippen LogP contribution in [0.2, 0.25) is 0 Å². The number of carbonyl (C=O) groups is 2. The Labute approximate surface area is 175 Å². The number of aliphatic hydroxyl groups excluding tert-OH is 1. The zero-order valence-electron chi connectivity index (χ0n) is 17.5. The van der Waals surface area contributed by atoms with Crippen molar-refractivity contribution in [3.05, 3.63) is 59.6 Å². The number of nitrogens with zero attached hydrogens (tertiary/aromatic N) is 1. The topological polar surface area (TPSA) is 89.2 Å². The Morgan fingerprint density at radius 3 is 2.67 bits per heavy atom. The lowest BCUT2D eigenvalue weighted by molar-refractivity contribution is -0.140. The third-order valence-corrected chi connectivity index (χ3v) is 4.72. The van der Waals surface area contributed by atoms with Crippen LogP contribution in [0.5, 0.6) is 5.75 Å². The predicted molar refractivity (Wildman–Crippen MR) is 111 cm³/mol. The fourth-order valence-electron chi connectivity index (χ4n) is 3.35. The molecule has 1 amide bonds. The van der Waals surface area contributed by atoms with Gasteiger partial charge < -0.3 is 23.9 Å². The molecule has 1 N–H and O–H groups in total. The fraction of sp³-hybridized carbons (Fsp3) is 0.391. The van der Waals surface area contributed by atoms with Crippen molar-refractivity contribution in [2.45, 2.75) is 39.3 Å². The van der Waals surface area contributed by atoms with E-state index in [1.165, 1.54) is 11.2 Å². The predicted octanol–water partition coefficient (Wildman–Crippen LogP) is 3.92. The molecule has 160 valence electrons. The second-order valence-electron chi connectivity index (χ2n) is 7.30. The van der Waals surface area contributed by atoms with Gasteiger partial charge in [-0.1, -0.05) is 19.1 Å². The van der Waals surface area contributed by atoms with Gasteiger partial charge in [0.25, 0.3) is 11.7 Å². The molecule has 1 unspecified atom stereocenters. The zero-order chi connectivity index (χ0) is 21.7. The SMILES string of the molecule is CCCOc1cccc(/C(O)=C2/C(=O)C(=O)N(CCOC(C)C)C2c2ccco2)c1. The lowest BCUT2D eigenvalue weighted by Crippen LogP contribution is -2.33. The number of benzene rings is 1. The van der Waals surface area contributed by atoms with E-state index >= 15 is 0 Å². The quantitative estimate of drug-likeness (QED) is 0.381. The third kappa shape index (κ3) is 4.57. The van der Waals surface area contributed by atoms with Crippen LogP contribution in [0.15, 0.2) is 52.7 Å². The molecule has 7 nitrogen and oxygen atoms in total. The molecular formula is C23H27NO6. The molecule has 7 heteroatoms. The average Bonchev–Trinajstić information content (AvgIpc) is 3.34. The van der Waals surface area contributed by atoms with Crippen molar-refractivity contribution in [2.24, 2.45) is 0 Å². The normalized spacial score (nSPS) is 18.4. The molecular weight excluding hydrogens is 386 g/mol. The maximum Gasteiger partial charge on any atom is 0.295 e. The summed E-state index contributed by atoms with van der Waals surface area (Å²) in [7, 11) is 0. The lowest BCUT2D eigenvalue weighted by Gasteiger charge is -2.23. The van der Waals surface area contributed by atoms with Crippen LogP contribution in [0.1, 0.15) is 44.6 Å². The molecule has 0 radical (unpaired) electrons. The van der Waals surface area contributed by atoms with Crippen LogP contribution in [-0.2, 0) is 14.3 Å². The Morgan fingerprint density at radius 2 is 2.00 bits per heavy atom. The maximum absolute atomic E-state index is 12.9. The molecule has 2 aromatic rings. The van der Waals surface area contributed by atoms with E-state index in [0.29, 0.717) is 23.7 Å². The van der Waals surface area contributed by atoms with E-state index in [2.05, 4.69) is 0 Å². The van der Waals surface area contributed by atoms with Gasteiger partial charge in [-0.3, -0.25) is 9.59 Å². The molecule has 1 fully saturated rings. The number of furan rings is 1. The van der Waals surface area contributed by atoms with Crippen LogP contribution in [0.3, 0.4) is 0 Å². The molecule has 1 saturated heterocycles. The Kier molecular flexibility index (Phi) is 6.95. The number of ether oxygens (including phenoxy) is 2. The summed E-state index contributed by atoms with van der Waals surface area (Å²) in [6.07, 6.45) is 2.31. The minimum Gasteiger partial charge on any atom is -0.507 e. The van der Waals surface area contributed by atoms with E-state index in [1.807, 2.05) is 20.8 Å². The van der Waals surface area contributed by atoms with Crippen molar-refractivity contribution in [1.29, 1.82) is 0 Å². The average molecular weight is 413 g/mol. The van der Waals surface area contributed by atoms with Gasteiger partial charge in [-0.2, -0.15) is 0 Å². The summed E-state index contributed by atoms with van der Waals surface area (Å²) in [5.41, 5.74) is 0.392. The van der Waals surface area contributed by atoms with Crippen molar-refractivity contribution in [3.8, 4) is 5.75 Å². The second-order valence-corrected chi connectivity index (χ2v) is 7.30. The van der Waals surface area contributed by atoms with Crippen LogP contribution in [0.4, 0.5) is 0 Å². The molecule has 3 rings (SSSR count). The van der Waals surface area contributed by atoms with Gasteiger partial charge in [0.1, 0.15) is 23.3 Å². The number of hydrogen-bond acceptors (Lipinski definition) is 6. The van der Waals surface area contributed by atoms with Crippen molar-refractivity contribution in [3.63, 3.8) is 0 Å². The Morgan fingerprint density at radius 1 is 1.20 bits per heavy atom. The summed E-state index contributed by atoms with van der Waals surface area (Å²) >= 11 is 0. The van der Waals surface area contributed by atoms with Crippen molar-refractivity contribution < 1.29 is 28.6 Å². The van der Waals surface area contributed by atoms with Gasteiger partial charge in [0.15, 0.2) is 0 Å². The van der Waals surface area contributed by atoms with Crippen molar-refractivity contribution >= 4 is 17.4 Å². The molecule has 0 saturated carbocycles. The van der Waals surface area contributed by atoms with Gasteiger partial charge in [0.2, 0.25) is 0 Å². The molecule has 0 spiro atoms. The molecule has 0 bridgehead atoms. The van der Waals surface area contributed by atoms with E-state index in [9.17, 15) is 14.7 Å². The number of Topliss-reactive ketones (excluding diaryl/α,β-unsaturated/α-hetero) is 1. The van der Waals surface area contributed by atoms with E-state index in [1.54, 1.807) is 36.4 Å². The first kappa shape index (κ1) is 21.6. The Balaban J connectivity index is 2.00. The van der Waals surface area contributed by atoms with Gasteiger partial charge in [0.05, 0.1) is 31.2 Å². The number of rotatable bonds is 9. The van der Waals surface area contributed by atoms with Crippen molar-refractivity contribution in [1.82, 2.24) is 4.90 Å². The minimum atomic E-state index is -0.823. The molecule has 1 aliphatic heterocycles. The van der Waals surface area contributed by atoms with E-state index < -0.39 is 17.7 Å². The van der Waals surface area contributed by atoms with Crippen LogP contribution < -0.4 is 4.74 Å². The minimum absolute atomic E-state index is 0.00487. The van der Waals surface area contributed by atoms with E-state index in [0.717, 1.165) is 6.42 Å². The summed E-state index contributed by atoms with van der Waals surface area (Å²) in [4.78, 5) is 27.0. The van der Waals surface area contributed by atoms with Gasteiger partial charge in [0, 0.05) is 12.1 Å². The number of hydrogen-bond donors (Lipinski definition) is 1. The summed E-state index contributed by atoms with van der Waals surface area (Å²) in [5, 5.41) is 11.0. The first-order valence-corrected chi connectivity index (χ1v) is 10.1. The van der Waals surface area contributed by atoms with Gasteiger partial charge in [-0.15, -0.1) is 0 Å². The summed E-state index contributed by atoms with van der Waals surface area (Å²) in [5.74, 6) is -0.723. The summed E-state index contributed by atoms with van der Waals surface area (Å²) < 4.78 is 16.7. The number of carbonyl (C=O) groups excluding carboxylic acids is 2. The Hall–Kier alpha value is -3.06. The van der Waals surface area contributed by atoms with E-state index in [4.69, 9.17) is 13.9 Å². The zero-order valence-corrected chi connectivity index (χ0v) is 17.5. The fourth-order valence-corrected chi connectivity index (χ4v) is 3.35. The highest BCUT2D eigenvalue weighted by molar-refractivity contribution is 6.46. The third-order valence-electron chi connectivity index (χ3n) is 4.72. The summed E-state index contributed by atoms with van der Waals surface area (Å²) in [6.45, 7) is 6.79. The highest BCUT2D eigenvalue weighted by Crippen LogP contribution is 2.39. The molecule has 1 aromatic carbocycles. The van der Waals surface area contributed by atoms with Gasteiger partial charge in [-0.25, -0.2) is 0 Å². The van der Waals surface area contributed by atoms with Crippen LogP contribution in [-0.4, -0.2) is 47.6 Å². The molecule has 1 atom stereocenters. The van der Waals surface area contributed by atoms with Crippen LogP contribution in [0.25, 0.3) is 5.76 Å². The molecule has 2 heterocycles. The first-order chi connectivity index (χ1) is 14.4. The van der Waals surface area contributed by atoms with Gasteiger partial charge in [-0.05, 0) is 44.5 Å².